The Hall–Kier alpha value is -2.12. The van der Waals surface area contributed by atoms with Gasteiger partial charge < -0.3 is 23.8 Å². The summed E-state index contributed by atoms with van der Waals surface area (Å²) >= 11 is 0. The van der Waals surface area contributed by atoms with Crippen molar-refractivity contribution < 1.29 is 28.5 Å². The molecule has 1 amide bonds. The lowest BCUT2D eigenvalue weighted by molar-refractivity contribution is -0.149. The summed E-state index contributed by atoms with van der Waals surface area (Å²) in [5.74, 6) is -0.358. The number of fused-ring (bicyclic) bond motifs is 2. The largest absolute Gasteiger partial charge is 0.464 e. The minimum absolute atomic E-state index is 0.0475. The fourth-order valence-electron chi connectivity index (χ4n) is 3.99. The number of piperidine rings is 1. The molecule has 0 radical (unpaired) electrons. The number of carbonyl (C=O) groups is 2. The molecule has 0 N–H and O–H groups in total. The van der Waals surface area contributed by atoms with E-state index in [1.165, 1.54) is 0 Å². The Kier molecular flexibility index (Phi) is 7.68. The molecule has 0 saturated carbocycles. The molecular weight excluding hydrogens is 362 g/mol. The molecule has 2 heterocycles. The zero-order chi connectivity index (χ0) is 19.8. The van der Waals surface area contributed by atoms with E-state index in [1.54, 1.807) is 6.92 Å². The number of benzene rings is 1. The fraction of sp³-hybridized carbons (Fsp3) is 0.619. The molecule has 28 heavy (non-hydrogen) atoms. The normalized spacial score (nSPS) is 23.5. The van der Waals surface area contributed by atoms with Crippen LogP contribution in [-0.4, -0.2) is 61.6 Å². The van der Waals surface area contributed by atoms with Gasteiger partial charge in [-0.25, -0.2) is 9.59 Å². The highest BCUT2D eigenvalue weighted by Gasteiger charge is 2.44. The molecule has 0 spiro atoms. The van der Waals surface area contributed by atoms with Gasteiger partial charge in [0.15, 0.2) is 0 Å². The number of amides is 1. The van der Waals surface area contributed by atoms with Crippen molar-refractivity contribution in [2.75, 3.05) is 26.4 Å². The van der Waals surface area contributed by atoms with E-state index in [4.69, 9.17) is 18.9 Å². The lowest BCUT2D eigenvalue weighted by atomic mass is 10.0. The second-order valence-electron chi connectivity index (χ2n) is 7.15. The maximum atomic E-state index is 12.6. The standard InChI is InChI=1S/C21H29NO6/c1-2-26-20(23)15-25-10-11-27-19-12-17-8-9-18(13-19)22(17)21(24)28-14-16-6-4-3-5-7-16/h3-7,17-19H,2,8-15H2,1H3. The average Bonchev–Trinajstić information content (AvgIpc) is 2.97. The first-order chi connectivity index (χ1) is 13.7. The average molecular weight is 391 g/mol. The van der Waals surface area contributed by atoms with E-state index in [0.29, 0.717) is 26.4 Å². The molecule has 2 aliphatic rings. The van der Waals surface area contributed by atoms with Gasteiger partial charge in [-0.1, -0.05) is 30.3 Å². The van der Waals surface area contributed by atoms with Gasteiger partial charge in [0, 0.05) is 12.1 Å². The maximum absolute atomic E-state index is 12.6. The number of carbonyl (C=O) groups excluding carboxylic acids is 2. The molecule has 2 bridgehead atoms. The zero-order valence-corrected chi connectivity index (χ0v) is 16.4. The van der Waals surface area contributed by atoms with E-state index in [1.807, 2.05) is 35.2 Å². The van der Waals surface area contributed by atoms with Crippen LogP contribution in [0.15, 0.2) is 30.3 Å². The Bertz CT molecular complexity index is 623. The van der Waals surface area contributed by atoms with Crippen LogP contribution >= 0.6 is 0 Å². The summed E-state index contributed by atoms with van der Waals surface area (Å²) < 4.78 is 21.5. The number of ether oxygens (including phenoxy) is 4. The van der Waals surface area contributed by atoms with Crippen molar-refractivity contribution in [2.45, 2.75) is 57.4 Å². The molecule has 3 rings (SSSR count). The van der Waals surface area contributed by atoms with Gasteiger partial charge in [0.25, 0.3) is 0 Å². The van der Waals surface area contributed by atoms with Gasteiger partial charge in [-0.2, -0.15) is 0 Å². The number of nitrogens with zero attached hydrogens (tertiary/aromatic N) is 1. The van der Waals surface area contributed by atoms with E-state index in [2.05, 4.69) is 0 Å². The minimum Gasteiger partial charge on any atom is -0.464 e. The predicted octanol–water partition coefficient (Wildman–Crippen LogP) is 2.91. The maximum Gasteiger partial charge on any atom is 0.410 e. The van der Waals surface area contributed by atoms with Crippen LogP contribution in [0.25, 0.3) is 0 Å². The highest BCUT2D eigenvalue weighted by molar-refractivity contribution is 5.70. The number of hydrogen-bond acceptors (Lipinski definition) is 6. The molecule has 7 nitrogen and oxygen atoms in total. The van der Waals surface area contributed by atoms with Crippen molar-refractivity contribution in [3.63, 3.8) is 0 Å². The molecule has 2 fully saturated rings. The summed E-state index contributed by atoms with van der Waals surface area (Å²) in [5.41, 5.74) is 0.990. The molecule has 7 heteroatoms. The molecule has 1 aromatic rings. The van der Waals surface area contributed by atoms with Crippen LogP contribution in [0.4, 0.5) is 4.79 Å². The van der Waals surface area contributed by atoms with Crippen LogP contribution in [-0.2, 0) is 30.3 Å². The summed E-state index contributed by atoms with van der Waals surface area (Å²) in [5, 5.41) is 0. The third-order valence-corrected chi connectivity index (χ3v) is 5.21. The molecular formula is C21H29NO6. The molecule has 154 valence electrons. The van der Waals surface area contributed by atoms with Crippen molar-refractivity contribution >= 4 is 12.1 Å². The van der Waals surface area contributed by atoms with Gasteiger partial charge in [0.2, 0.25) is 0 Å². The molecule has 0 aromatic heterocycles. The Morgan fingerprint density at radius 1 is 1.04 bits per heavy atom. The van der Waals surface area contributed by atoms with Gasteiger partial charge >= 0.3 is 12.1 Å². The van der Waals surface area contributed by atoms with E-state index in [0.717, 1.165) is 31.2 Å². The van der Waals surface area contributed by atoms with Crippen LogP contribution in [0.2, 0.25) is 0 Å². The molecule has 0 aliphatic carbocycles. The Balaban J connectivity index is 1.37. The van der Waals surface area contributed by atoms with Crippen LogP contribution < -0.4 is 0 Å². The summed E-state index contributed by atoms with van der Waals surface area (Å²) in [4.78, 5) is 25.7. The first kappa shape index (κ1) is 20.6. The van der Waals surface area contributed by atoms with Crippen LogP contribution in [0, 0.1) is 0 Å². The fourth-order valence-corrected chi connectivity index (χ4v) is 3.99. The van der Waals surface area contributed by atoms with Crippen LogP contribution in [0.3, 0.4) is 0 Å². The second kappa shape index (κ2) is 10.4. The molecule has 1 aromatic carbocycles. The number of rotatable bonds is 9. The highest BCUT2D eigenvalue weighted by atomic mass is 16.6. The Morgan fingerprint density at radius 3 is 2.43 bits per heavy atom. The first-order valence-electron chi connectivity index (χ1n) is 10.0. The molecule has 2 saturated heterocycles. The van der Waals surface area contributed by atoms with E-state index < -0.39 is 0 Å². The van der Waals surface area contributed by atoms with Crippen molar-refractivity contribution in [1.82, 2.24) is 4.90 Å². The van der Waals surface area contributed by atoms with Gasteiger partial charge in [-0.3, -0.25) is 0 Å². The number of esters is 1. The molecule has 2 aliphatic heterocycles. The lowest BCUT2D eigenvalue weighted by Gasteiger charge is -2.38. The molecule has 2 unspecified atom stereocenters. The minimum atomic E-state index is -0.358. The smallest absolute Gasteiger partial charge is 0.410 e. The third-order valence-electron chi connectivity index (χ3n) is 5.21. The van der Waals surface area contributed by atoms with Crippen molar-refractivity contribution in [3.05, 3.63) is 35.9 Å². The first-order valence-corrected chi connectivity index (χ1v) is 10.0. The van der Waals surface area contributed by atoms with E-state index in [-0.39, 0.29) is 36.9 Å². The van der Waals surface area contributed by atoms with Crippen LogP contribution in [0.1, 0.15) is 38.2 Å². The summed E-state index contributed by atoms with van der Waals surface area (Å²) in [6, 6.07) is 10.1. The SMILES string of the molecule is CCOC(=O)COCCOC1CC2CCC(C1)N2C(=O)OCc1ccccc1. The monoisotopic (exact) mass is 391 g/mol. The topological polar surface area (TPSA) is 74.3 Å². The highest BCUT2D eigenvalue weighted by Crippen LogP contribution is 2.37. The summed E-state index contributed by atoms with van der Waals surface area (Å²) in [6.45, 7) is 3.16. The Morgan fingerprint density at radius 2 is 1.75 bits per heavy atom. The van der Waals surface area contributed by atoms with Gasteiger partial charge in [0.1, 0.15) is 13.2 Å². The second-order valence-corrected chi connectivity index (χ2v) is 7.15. The summed E-state index contributed by atoms with van der Waals surface area (Å²) in [6.07, 6.45) is 3.49. The third kappa shape index (κ3) is 5.69. The van der Waals surface area contributed by atoms with Gasteiger partial charge in [0.05, 0.1) is 25.9 Å². The number of hydrogen-bond donors (Lipinski definition) is 0. The predicted molar refractivity (Wildman–Crippen MR) is 102 cm³/mol. The van der Waals surface area contributed by atoms with Gasteiger partial charge in [-0.15, -0.1) is 0 Å². The molecule has 2 atom stereocenters. The van der Waals surface area contributed by atoms with Crippen molar-refractivity contribution in [3.8, 4) is 0 Å². The lowest BCUT2D eigenvalue weighted by Crippen LogP contribution is -2.48. The zero-order valence-electron chi connectivity index (χ0n) is 16.4. The van der Waals surface area contributed by atoms with Crippen molar-refractivity contribution in [2.24, 2.45) is 0 Å². The van der Waals surface area contributed by atoms with Crippen LogP contribution in [0.5, 0.6) is 0 Å². The van der Waals surface area contributed by atoms with E-state index >= 15 is 0 Å². The van der Waals surface area contributed by atoms with Gasteiger partial charge in [-0.05, 0) is 38.2 Å². The van der Waals surface area contributed by atoms with E-state index in [9.17, 15) is 9.59 Å². The quantitative estimate of drug-likeness (QED) is 0.476. The van der Waals surface area contributed by atoms with Crippen molar-refractivity contribution in [1.29, 1.82) is 0 Å². The summed E-state index contributed by atoms with van der Waals surface area (Å²) in [7, 11) is 0. The Labute approximate surface area is 165 Å².